The van der Waals surface area contributed by atoms with Crippen LogP contribution in [0.3, 0.4) is 0 Å². The number of aromatic nitrogens is 2. The quantitative estimate of drug-likeness (QED) is 0.537. The Kier molecular flexibility index (Phi) is 3.67. The van der Waals surface area contributed by atoms with Crippen LogP contribution < -0.4 is 10.5 Å². The Balaban J connectivity index is 1.77. The number of aromatic amines is 1. The summed E-state index contributed by atoms with van der Waals surface area (Å²) in [6.45, 7) is 1.82. The molecule has 0 radical (unpaired) electrons. The number of H-pyrrole nitrogens is 1. The lowest BCUT2D eigenvalue weighted by molar-refractivity contribution is -0.384. The van der Waals surface area contributed by atoms with E-state index in [0.29, 0.717) is 28.5 Å². The molecule has 1 aromatic carbocycles. The Hall–Kier alpha value is -4.06. The number of furan rings is 1. The summed E-state index contributed by atoms with van der Waals surface area (Å²) < 4.78 is 11.4. The molecule has 1 atom stereocenters. The van der Waals surface area contributed by atoms with Crippen molar-refractivity contribution in [1.29, 1.82) is 5.26 Å². The van der Waals surface area contributed by atoms with Gasteiger partial charge in [0.15, 0.2) is 0 Å². The highest BCUT2D eigenvalue weighted by Crippen LogP contribution is 2.43. The molecule has 9 heteroatoms. The monoisotopic (exact) mass is 363 g/mol. The number of nitro groups is 1. The van der Waals surface area contributed by atoms with Crippen molar-refractivity contribution in [1.82, 2.24) is 10.2 Å². The lowest BCUT2D eigenvalue weighted by atomic mass is 9.88. The van der Waals surface area contributed by atoms with Crippen molar-refractivity contribution >= 4 is 5.69 Å². The fourth-order valence-electron chi connectivity index (χ4n) is 3.09. The summed E-state index contributed by atoms with van der Waals surface area (Å²) in [6.07, 6.45) is 0. The van der Waals surface area contributed by atoms with E-state index in [1.807, 2.05) is 6.92 Å². The predicted molar refractivity (Wildman–Crippen MR) is 93.4 cm³/mol. The normalized spacial score (nSPS) is 15.8. The summed E-state index contributed by atoms with van der Waals surface area (Å²) in [7, 11) is 0. The van der Waals surface area contributed by atoms with Crippen LogP contribution in [0.4, 0.5) is 5.69 Å². The van der Waals surface area contributed by atoms with Crippen molar-refractivity contribution in [2.75, 3.05) is 0 Å². The Morgan fingerprint density at radius 3 is 2.70 bits per heavy atom. The molecule has 134 valence electrons. The number of nitro benzene ring substituents is 1. The number of nitriles is 1. The zero-order chi connectivity index (χ0) is 19.1. The number of benzene rings is 1. The van der Waals surface area contributed by atoms with Gasteiger partial charge in [-0.25, -0.2) is 0 Å². The molecule has 0 bridgehead atoms. The zero-order valence-electron chi connectivity index (χ0n) is 14.1. The smallest absolute Gasteiger partial charge is 0.269 e. The molecule has 1 aliphatic heterocycles. The summed E-state index contributed by atoms with van der Waals surface area (Å²) >= 11 is 0. The van der Waals surface area contributed by atoms with Crippen LogP contribution in [0.2, 0.25) is 0 Å². The molecule has 9 nitrogen and oxygen atoms in total. The average molecular weight is 363 g/mol. The van der Waals surface area contributed by atoms with Crippen LogP contribution in [0.1, 0.15) is 22.9 Å². The van der Waals surface area contributed by atoms with Crippen LogP contribution in [-0.2, 0) is 0 Å². The van der Waals surface area contributed by atoms with Crippen LogP contribution in [-0.4, -0.2) is 15.1 Å². The summed E-state index contributed by atoms with van der Waals surface area (Å²) in [6, 6.07) is 11.6. The minimum Gasteiger partial charge on any atom is -0.460 e. The highest BCUT2D eigenvalue weighted by molar-refractivity contribution is 5.61. The number of aryl methyl sites for hydroxylation is 1. The average Bonchev–Trinajstić information content (AvgIpc) is 3.28. The molecule has 27 heavy (non-hydrogen) atoms. The first-order valence-electron chi connectivity index (χ1n) is 7.96. The first-order valence-corrected chi connectivity index (χ1v) is 7.96. The van der Waals surface area contributed by atoms with E-state index >= 15 is 0 Å². The van der Waals surface area contributed by atoms with Gasteiger partial charge in [-0.15, -0.1) is 5.10 Å². The Labute approximate surface area is 152 Å². The number of non-ortho nitro benzene ring substituents is 1. The highest BCUT2D eigenvalue weighted by Gasteiger charge is 2.36. The molecule has 0 amide bonds. The Bertz CT molecular complexity index is 1120. The molecule has 3 N–H and O–H groups in total. The van der Waals surface area contributed by atoms with Crippen LogP contribution in [0.5, 0.6) is 5.88 Å². The van der Waals surface area contributed by atoms with Gasteiger partial charge in [0.25, 0.3) is 5.69 Å². The summed E-state index contributed by atoms with van der Waals surface area (Å²) in [5.41, 5.74) is 8.21. The Morgan fingerprint density at radius 1 is 1.30 bits per heavy atom. The second-order valence-electron chi connectivity index (χ2n) is 6.00. The second kappa shape index (κ2) is 6.03. The molecule has 4 rings (SSSR count). The summed E-state index contributed by atoms with van der Waals surface area (Å²) in [5, 5.41) is 27.2. The van der Waals surface area contributed by atoms with Crippen molar-refractivity contribution in [2.45, 2.75) is 12.8 Å². The van der Waals surface area contributed by atoms with E-state index in [9.17, 15) is 15.4 Å². The van der Waals surface area contributed by atoms with E-state index in [2.05, 4.69) is 16.3 Å². The van der Waals surface area contributed by atoms with Crippen LogP contribution in [0, 0.1) is 28.4 Å². The Morgan fingerprint density at radius 2 is 2.04 bits per heavy atom. The van der Waals surface area contributed by atoms with E-state index in [4.69, 9.17) is 14.9 Å². The summed E-state index contributed by atoms with van der Waals surface area (Å²) in [5.74, 6) is 0.753. The number of ether oxygens (including phenoxy) is 1. The minimum absolute atomic E-state index is 0.00361. The van der Waals surface area contributed by atoms with Gasteiger partial charge in [-0.1, -0.05) is 0 Å². The van der Waals surface area contributed by atoms with E-state index < -0.39 is 10.8 Å². The number of hydrogen-bond acceptors (Lipinski definition) is 7. The van der Waals surface area contributed by atoms with Gasteiger partial charge in [0, 0.05) is 23.4 Å². The summed E-state index contributed by atoms with van der Waals surface area (Å²) in [4.78, 5) is 10.3. The molecule has 0 spiro atoms. The number of nitrogens with one attached hydrogen (secondary N) is 1. The largest absolute Gasteiger partial charge is 0.460 e. The van der Waals surface area contributed by atoms with Crippen molar-refractivity contribution in [3.05, 3.63) is 75.0 Å². The van der Waals surface area contributed by atoms with E-state index in [0.717, 1.165) is 5.69 Å². The van der Waals surface area contributed by atoms with Gasteiger partial charge in [-0.3, -0.25) is 15.2 Å². The van der Waals surface area contributed by atoms with Gasteiger partial charge in [0.1, 0.15) is 23.2 Å². The van der Waals surface area contributed by atoms with Gasteiger partial charge < -0.3 is 14.9 Å². The third kappa shape index (κ3) is 2.60. The van der Waals surface area contributed by atoms with Gasteiger partial charge in [0.05, 0.1) is 16.4 Å². The maximum atomic E-state index is 10.8. The first kappa shape index (κ1) is 16.4. The molecule has 0 unspecified atom stereocenters. The van der Waals surface area contributed by atoms with E-state index in [-0.39, 0.29) is 17.1 Å². The van der Waals surface area contributed by atoms with Crippen LogP contribution in [0.25, 0.3) is 11.3 Å². The number of fused-ring (bicyclic) bond motifs is 1. The van der Waals surface area contributed by atoms with Crippen molar-refractivity contribution < 1.29 is 14.1 Å². The number of nitrogens with two attached hydrogens (primary N) is 1. The van der Waals surface area contributed by atoms with Gasteiger partial charge in [-0.2, -0.15) is 5.26 Å². The lowest BCUT2D eigenvalue weighted by Crippen LogP contribution is -2.20. The molecule has 3 heterocycles. The number of nitrogens with zero attached hydrogens (tertiary/aromatic N) is 3. The standard InChI is InChI=1S/C18H13N5O4/c1-9-15-16(12(8-19)17(20)27-18(15)22-21-9)14-7-6-13(26-14)10-2-4-11(5-3-10)23(24)25/h2-7,16H,20H2,1H3,(H,21,22)/t16-/m0/s1. The number of hydrogen-bond donors (Lipinski definition) is 2. The molecule has 0 fully saturated rings. The zero-order valence-corrected chi connectivity index (χ0v) is 14.1. The minimum atomic E-state index is -0.552. The molecule has 0 saturated heterocycles. The topological polar surface area (TPSA) is 144 Å². The highest BCUT2D eigenvalue weighted by atomic mass is 16.6. The molecule has 0 saturated carbocycles. The molecular formula is C18H13N5O4. The van der Waals surface area contributed by atoms with Gasteiger partial charge >= 0.3 is 0 Å². The third-order valence-electron chi connectivity index (χ3n) is 4.40. The van der Waals surface area contributed by atoms with Crippen LogP contribution >= 0.6 is 0 Å². The van der Waals surface area contributed by atoms with Gasteiger partial charge in [0.2, 0.25) is 11.8 Å². The number of allylic oxidation sites excluding steroid dienone is 1. The van der Waals surface area contributed by atoms with Gasteiger partial charge in [-0.05, 0) is 31.2 Å². The fraction of sp³-hybridized carbons (Fsp3) is 0.111. The maximum absolute atomic E-state index is 10.8. The van der Waals surface area contributed by atoms with Crippen LogP contribution in [0.15, 0.2) is 52.3 Å². The SMILES string of the molecule is Cc1[nH]nc2c1[C@H](c1ccc(-c3ccc([N+](=O)[O-])cc3)o1)C(C#N)=C(N)O2. The van der Waals surface area contributed by atoms with Crippen molar-refractivity contribution in [3.8, 4) is 23.3 Å². The molecule has 1 aliphatic rings. The molecule has 3 aromatic rings. The first-order chi connectivity index (χ1) is 13.0. The second-order valence-corrected chi connectivity index (χ2v) is 6.00. The lowest BCUT2D eigenvalue weighted by Gasteiger charge is -2.21. The fourth-order valence-corrected chi connectivity index (χ4v) is 3.09. The van der Waals surface area contributed by atoms with E-state index in [1.54, 1.807) is 24.3 Å². The number of rotatable bonds is 3. The van der Waals surface area contributed by atoms with Crippen molar-refractivity contribution in [2.24, 2.45) is 5.73 Å². The predicted octanol–water partition coefficient (Wildman–Crippen LogP) is 3.10. The molecule has 0 aliphatic carbocycles. The van der Waals surface area contributed by atoms with E-state index in [1.165, 1.54) is 12.1 Å². The third-order valence-corrected chi connectivity index (χ3v) is 4.40. The van der Waals surface area contributed by atoms with Crippen molar-refractivity contribution in [3.63, 3.8) is 0 Å². The molecule has 2 aromatic heterocycles. The maximum Gasteiger partial charge on any atom is 0.269 e. The molecular weight excluding hydrogens is 350 g/mol.